The Hall–Kier alpha value is -1.35. The molecule has 3 nitrogen and oxygen atoms in total. The quantitative estimate of drug-likeness (QED) is 0.915. The first-order valence-electron chi connectivity index (χ1n) is 7.33. The van der Waals surface area contributed by atoms with E-state index >= 15 is 0 Å². The van der Waals surface area contributed by atoms with Crippen molar-refractivity contribution in [3.8, 4) is 0 Å². The van der Waals surface area contributed by atoms with Gasteiger partial charge in [-0.1, -0.05) is 43.7 Å². The number of carboxylic acid groups (broad SMARTS) is 1. The summed E-state index contributed by atoms with van der Waals surface area (Å²) in [6, 6.07) is 8.31. The van der Waals surface area contributed by atoms with E-state index in [9.17, 15) is 9.90 Å². The molecule has 0 radical (unpaired) electrons. The fourth-order valence-electron chi connectivity index (χ4n) is 3.10. The van der Waals surface area contributed by atoms with Crippen LogP contribution in [0.1, 0.15) is 44.2 Å². The van der Waals surface area contributed by atoms with E-state index in [0.29, 0.717) is 12.5 Å². The maximum absolute atomic E-state index is 11.3. The third-order valence-electron chi connectivity index (χ3n) is 4.40. The van der Waals surface area contributed by atoms with Crippen molar-refractivity contribution in [3.63, 3.8) is 0 Å². The van der Waals surface area contributed by atoms with Crippen LogP contribution in [0.4, 0.5) is 0 Å². The second-order valence-corrected chi connectivity index (χ2v) is 6.32. The molecule has 0 unspecified atom stereocenters. The molecule has 110 valence electrons. The molecular weight excluding hydrogens is 252 g/mol. The molecular formula is C17H24O3. The summed E-state index contributed by atoms with van der Waals surface area (Å²) in [5.74, 6) is -0.316. The van der Waals surface area contributed by atoms with Crippen molar-refractivity contribution < 1.29 is 14.6 Å². The Kier molecular flexibility index (Phi) is 4.48. The molecule has 20 heavy (non-hydrogen) atoms. The molecule has 3 heteroatoms. The molecule has 1 aliphatic heterocycles. The summed E-state index contributed by atoms with van der Waals surface area (Å²) in [7, 11) is 0. The maximum Gasteiger partial charge on any atom is 0.304 e. The Bertz CT molecular complexity index is 464. The molecule has 1 saturated heterocycles. The van der Waals surface area contributed by atoms with Gasteiger partial charge in [0.15, 0.2) is 0 Å². The first-order valence-corrected chi connectivity index (χ1v) is 7.33. The van der Waals surface area contributed by atoms with Crippen LogP contribution in [0.5, 0.6) is 0 Å². The minimum absolute atomic E-state index is 0.143. The number of aryl methyl sites for hydroxylation is 1. The summed E-state index contributed by atoms with van der Waals surface area (Å²) >= 11 is 0. The third-order valence-corrected chi connectivity index (χ3v) is 4.40. The molecule has 0 aliphatic carbocycles. The fraction of sp³-hybridized carbons (Fsp3) is 0.588. The predicted octanol–water partition coefficient (Wildman–Crippen LogP) is 3.54. The Labute approximate surface area is 121 Å². The van der Waals surface area contributed by atoms with Crippen LogP contribution in [0.2, 0.25) is 0 Å². The summed E-state index contributed by atoms with van der Waals surface area (Å²) in [6.45, 7) is 6.96. The fourth-order valence-corrected chi connectivity index (χ4v) is 3.10. The van der Waals surface area contributed by atoms with Crippen molar-refractivity contribution in [1.82, 2.24) is 0 Å². The molecule has 0 bridgehead atoms. The van der Waals surface area contributed by atoms with E-state index in [-0.39, 0.29) is 17.9 Å². The van der Waals surface area contributed by atoms with Gasteiger partial charge in [0.1, 0.15) is 0 Å². The van der Waals surface area contributed by atoms with Crippen molar-refractivity contribution in [2.24, 2.45) is 5.92 Å². The molecule has 1 aromatic carbocycles. The first kappa shape index (κ1) is 15.0. The number of hydrogen-bond donors (Lipinski definition) is 1. The van der Waals surface area contributed by atoms with E-state index in [2.05, 4.69) is 45.0 Å². The average molecular weight is 276 g/mol. The van der Waals surface area contributed by atoms with Gasteiger partial charge < -0.3 is 9.84 Å². The third kappa shape index (κ3) is 3.21. The minimum Gasteiger partial charge on any atom is -0.481 e. The number of benzene rings is 1. The monoisotopic (exact) mass is 276 g/mol. The predicted molar refractivity (Wildman–Crippen MR) is 78.9 cm³/mol. The van der Waals surface area contributed by atoms with Crippen LogP contribution >= 0.6 is 0 Å². The lowest BCUT2D eigenvalue weighted by Gasteiger charge is -2.42. The van der Waals surface area contributed by atoms with E-state index in [0.717, 1.165) is 18.4 Å². The number of rotatable bonds is 4. The van der Waals surface area contributed by atoms with Crippen molar-refractivity contribution in [1.29, 1.82) is 0 Å². The molecule has 0 amide bonds. The maximum atomic E-state index is 11.3. The summed E-state index contributed by atoms with van der Waals surface area (Å²) in [6.07, 6.45) is 1.90. The molecule has 1 N–H and O–H groups in total. The molecule has 1 aromatic rings. The summed E-state index contributed by atoms with van der Waals surface area (Å²) in [4.78, 5) is 11.3. The molecule has 0 aromatic heterocycles. The highest BCUT2D eigenvalue weighted by atomic mass is 16.5. The lowest BCUT2D eigenvalue weighted by Crippen LogP contribution is -2.42. The molecule has 0 spiro atoms. The summed E-state index contributed by atoms with van der Waals surface area (Å²) < 4.78 is 5.83. The summed E-state index contributed by atoms with van der Waals surface area (Å²) in [5.41, 5.74) is 2.05. The highest BCUT2D eigenvalue weighted by molar-refractivity contribution is 5.69. The molecule has 2 rings (SSSR count). The zero-order valence-corrected chi connectivity index (χ0v) is 12.6. The zero-order valence-electron chi connectivity index (χ0n) is 12.6. The Morgan fingerprint density at radius 1 is 1.40 bits per heavy atom. The van der Waals surface area contributed by atoms with Gasteiger partial charge in [-0.2, -0.15) is 0 Å². The van der Waals surface area contributed by atoms with Crippen LogP contribution in [0.15, 0.2) is 24.3 Å². The number of carbonyl (C=O) groups is 1. The Balaban J connectivity index is 2.34. The van der Waals surface area contributed by atoms with Crippen molar-refractivity contribution in [3.05, 3.63) is 35.4 Å². The van der Waals surface area contributed by atoms with Crippen LogP contribution in [0.3, 0.4) is 0 Å². The Morgan fingerprint density at radius 3 is 2.60 bits per heavy atom. The van der Waals surface area contributed by atoms with Crippen molar-refractivity contribution in [2.45, 2.75) is 51.6 Å². The first-order chi connectivity index (χ1) is 9.43. The van der Waals surface area contributed by atoms with E-state index in [1.807, 2.05) is 0 Å². The van der Waals surface area contributed by atoms with E-state index < -0.39 is 5.97 Å². The molecule has 1 heterocycles. The van der Waals surface area contributed by atoms with Crippen LogP contribution in [-0.2, 0) is 14.9 Å². The van der Waals surface area contributed by atoms with Crippen LogP contribution in [-0.4, -0.2) is 23.8 Å². The molecule has 2 atom stereocenters. The van der Waals surface area contributed by atoms with Gasteiger partial charge in [-0.05, 0) is 31.2 Å². The lowest BCUT2D eigenvalue weighted by molar-refractivity contribution is -0.140. The van der Waals surface area contributed by atoms with Crippen LogP contribution in [0.25, 0.3) is 0 Å². The second kappa shape index (κ2) is 5.96. The van der Waals surface area contributed by atoms with Gasteiger partial charge in [0.05, 0.1) is 12.5 Å². The van der Waals surface area contributed by atoms with E-state index in [4.69, 9.17) is 4.74 Å². The zero-order chi connectivity index (χ0) is 14.8. The van der Waals surface area contributed by atoms with Gasteiger partial charge in [0, 0.05) is 12.0 Å². The second-order valence-electron chi connectivity index (χ2n) is 6.32. The van der Waals surface area contributed by atoms with Gasteiger partial charge in [-0.25, -0.2) is 0 Å². The minimum atomic E-state index is -0.727. The van der Waals surface area contributed by atoms with Crippen molar-refractivity contribution in [2.75, 3.05) is 6.61 Å². The van der Waals surface area contributed by atoms with Crippen LogP contribution in [0, 0.1) is 12.8 Å². The Morgan fingerprint density at radius 2 is 2.05 bits per heavy atom. The topological polar surface area (TPSA) is 46.5 Å². The van der Waals surface area contributed by atoms with Crippen LogP contribution < -0.4 is 0 Å². The van der Waals surface area contributed by atoms with E-state index in [1.165, 1.54) is 5.56 Å². The highest BCUT2D eigenvalue weighted by Gasteiger charge is 2.41. The number of carboxylic acids is 1. The van der Waals surface area contributed by atoms with Gasteiger partial charge >= 0.3 is 5.97 Å². The van der Waals surface area contributed by atoms with Gasteiger partial charge in [0.25, 0.3) is 0 Å². The molecule has 1 aliphatic rings. The van der Waals surface area contributed by atoms with Crippen molar-refractivity contribution >= 4 is 5.97 Å². The SMILES string of the molecule is Cc1ccc([C@@]2(CC(=O)O)CCO[C@@H](C(C)C)C2)cc1. The number of ether oxygens (including phenoxy) is 1. The standard InChI is InChI=1S/C17H24O3/c1-12(2)15-10-17(8-9-20-15,11-16(18)19)14-6-4-13(3)5-7-14/h4-7,12,15H,8-11H2,1-3H3,(H,18,19)/t15-,17+/m1/s1. The largest absolute Gasteiger partial charge is 0.481 e. The molecule has 1 fully saturated rings. The van der Waals surface area contributed by atoms with Gasteiger partial charge in [0.2, 0.25) is 0 Å². The van der Waals surface area contributed by atoms with Gasteiger partial charge in [-0.3, -0.25) is 4.79 Å². The highest BCUT2D eigenvalue weighted by Crippen LogP contribution is 2.41. The average Bonchev–Trinajstić information content (AvgIpc) is 2.38. The molecule has 0 saturated carbocycles. The van der Waals surface area contributed by atoms with Gasteiger partial charge in [-0.15, -0.1) is 0 Å². The normalized spacial score (nSPS) is 26.7. The van der Waals surface area contributed by atoms with E-state index in [1.54, 1.807) is 0 Å². The lowest BCUT2D eigenvalue weighted by atomic mass is 9.68. The number of aliphatic carboxylic acids is 1. The summed E-state index contributed by atoms with van der Waals surface area (Å²) in [5, 5.41) is 9.33. The number of hydrogen-bond acceptors (Lipinski definition) is 2. The smallest absolute Gasteiger partial charge is 0.304 e.